The monoisotopic (exact) mass is 236 g/mol. The number of fused-ring (bicyclic) bond motifs is 1. The molecule has 4 nitrogen and oxygen atoms in total. The van der Waals surface area contributed by atoms with Crippen LogP contribution in [0.25, 0.3) is 5.65 Å². The molecule has 1 aliphatic rings. The van der Waals surface area contributed by atoms with Gasteiger partial charge in [-0.25, -0.2) is 9.97 Å². The molecule has 0 aromatic carbocycles. The van der Waals surface area contributed by atoms with E-state index in [0.29, 0.717) is 5.15 Å². The van der Waals surface area contributed by atoms with Crippen LogP contribution >= 0.6 is 11.6 Å². The van der Waals surface area contributed by atoms with Gasteiger partial charge in [-0.3, -0.25) is 0 Å². The first kappa shape index (κ1) is 10.1. The van der Waals surface area contributed by atoms with E-state index in [4.69, 9.17) is 17.3 Å². The number of aromatic nitrogens is 3. The molecule has 2 N–H and O–H groups in total. The van der Waals surface area contributed by atoms with Gasteiger partial charge in [0.15, 0.2) is 5.65 Å². The molecule has 84 valence electrons. The van der Waals surface area contributed by atoms with Crippen molar-refractivity contribution >= 4 is 17.2 Å². The summed E-state index contributed by atoms with van der Waals surface area (Å²) in [6.45, 7) is 0. The highest BCUT2D eigenvalue weighted by atomic mass is 35.5. The van der Waals surface area contributed by atoms with E-state index in [2.05, 4.69) is 9.97 Å². The zero-order chi connectivity index (χ0) is 11.2. The van der Waals surface area contributed by atoms with Crippen LogP contribution in [0.4, 0.5) is 0 Å². The van der Waals surface area contributed by atoms with Gasteiger partial charge in [0, 0.05) is 17.9 Å². The maximum atomic E-state index is 6.04. The van der Waals surface area contributed by atoms with Crippen molar-refractivity contribution in [2.75, 3.05) is 0 Å². The molecule has 0 unspecified atom stereocenters. The van der Waals surface area contributed by atoms with Gasteiger partial charge in [-0.1, -0.05) is 11.6 Å². The molecule has 0 spiro atoms. The Kier molecular flexibility index (Phi) is 2.16. The van der Waals surface area contributed by atoms with Gasteiger partial charge < -0.3 is 10.1 Å². The van der Waals surface area contributed by atoms with E-state index in [9.17, 15) is 0 Å². The molecule has 0 saturated heterocycles. The molecule has 1 aliphatic carbocycles. The van der Waals surface area contributed by atoms with Gasteiger partial charge in [-0.05, 0) is 25.7 Å². The second-order valence-electron chi connectivity index (χ2n) is 4.57. The van der Waals surface area contributed by atoms with Crippen molar-refractivity contribution in [2.24, 2.45) is 5.73 Å². The Hall–Kier alpha value is -1.13. The molecular formula is C11H13ClN4. The van der Waals surface area contributed by atoms with Crippen LogP contribution in [0.15, 0.2) is 18.6 Å². The molecule has 2 aromatic heterocycles. The largest absolute Gasteiger partial charge is 0.325 e. The van der Waals surface area contributed by atoms with Gasteiger partial charge in [-0.2, -0.15) is 0 Å². The third kappa shape index (κ3) is 1.90. The lowest BCUT2D eigenvalue weighted by Gasteiger charge is -2.04. The summed E-state index contributed by atoms with van der Waals surface area (Å²) in [7, 11) is 0. The highest BCUT2D eigenvalue weighted by molar-refractivity contribution is 6.29. The molecule has 1 fully saturated rings. The smallest absolute Gasteiger partial charge is 0.155 e. The summed E-state index contributed by atoms with van der Waals surface area (Å²) in [6, 6.07) is 0. The van der Waals surface area contributed by atoms with E-state index in [0.717, 1.165) is 37.0 Å². The lowest BCUT2D eigenvalue weighted by Crippen LogP contribution is -2.22. The van der Waals surface area contributed by atoms with Crippen LogP contribution in [0.1, 0.15) is 25.0 Å². The Morgan fingerprint density at radius 3 is 3.00 bits per heavy atom. The minimum atomic E-state index is 0.0890. The highest BCUT2D eigenvalue weighted by Gasteiger charge is 2.37. The fourth-order valence-electron chi connectivity index (χ4n) is 1.83. The van der Waals surface area contributed by atoms with Crippen molar-refractivity contribution < 1.29 is 0 Å². The maximum Gasteiger partial charge on any atom is 0.155 e. The molecule has 0 aliphatic heterocycles. The van der Waals surface area contributed by atoms with Crippen molar-refractivity contribution in [1.29, 1.82) is 0 Å². The molecule has 2 heterocycles. The Labute approximate surface area is 98.5 Å². The number of halogens is 1. The van der Waals surface area contributed by atoms with Crippen LogP contribution in [-0.2, 0) is 6.42 Å². The number of imidazole rings is 1. The third-order valence-corrected chi connectivity index (χ3v) is 3.33. The van der Waals surface area contributed by atoms with Crippen LogP contribution in [0, 0.1) is 0 Å². The van der Waals surface area contributed by atoms with Crippen molar-refractivity contribution in [1.82, 2.24) is 14.4 Å². The van der Waals surface area contributed by atoms with Crippen LogP contribution in [0.2, 0.25) is 5.15 Å². The fourth-order valence-corrected chi connectivity index (χ4v) is 1.99. The zero-order valence-electron chi connectivity index (χ0n) is 8.86. The predicted molar refractivity (Wildman–Crippen MR) is 62.5 cm³/mol. The number of nitrogens with two attached hydrogens (primary N) is 1. The van der Waals surface area contributed by atoms with Crippen LogP contribution in [0.3, 0.4) is 0 Å². The van der Waals surface area contributed by atoms with E-state index in [1.165, 1.54) is 0 Å². The van der Waals surface area contributed by atoms with E-state index >= 15 is 0 Å². The number of hydrogen-bond acceptors (Lipinski definition) is 3. The van der Waals surface area contributed by atoms with Gasteiger partial charge in [-0.15, -0.1) is 0 Å². The summed E-state index contributed by atoms with van der Waals surface area (Å²) in [5.74, 6) is 0. The van der Waals surface area contributed by atoms with Gasteiger partial charge in [0.1, 0.15) is 5.15 Å². The van der Waals surface area contributed by atoms with Crippen molar-refractivity contribution in [3.05, 3.63) is 29.4 Å². The Bertz CT molecular complexity index is 530. The average Bonchev–Trinajstić information content (AvgIpc) is 2.85. The minimum Gasteiger partial charge on any atom is -0.325 e. The molecule has 3 rings (SSSR count). The van der Waals surface area contributed by atoms with Crippen molar-refractivity contribution in [2.45, 2.75) is 31.2 Å². The van der Waals surface area contributed by atoms with Gasteiger partial charge >= 0.3 is 0 Å². The Balaban J connectivity index is 1.82. The van der Waals surface area contributed by atoms with Crippen LogP contribution in [-0.4, -0.2) is 19.9 Å². The lowest BCUT2D eigenvalue weighted by atomic mass is 10.1. The quantitative estimate of drug-likeness (QED) is 0.884. The van der Waals surface area contributed by atoms with Crippen molar-refractivity contribution in [3.63, 3.8) is 0 Å². The van der Waals surface area contributed by atoms with Crippen LogP contribution < -0.4 is 5.73 Å². The Morgan fingerprint density at radius 1 is 1.44 bits per heavy atom. The zero-order valence-corrected chi connectivity index (χ0v) is 9.61. The number of hydrogen-bond donors (Lipinski definition) is 1. The fraction of sp³-hybridized carbons (Fsp3) is 0.455. The van der Waals surface area contributed by atoms with Gasteiger partial charge in [0.05, 0.1) is 11.9 Å². The molecule has 2 aromatic rings. The molecule has 0 atom stereocenters. The summed E-state index contributed by atoms with van der Waals surface area (Å²) >= 11 is 5.81. The summed E-state index contributed by atoms with van der Waals surface area (Å²) in [4.78, 5) is 8.47. The highest BCUT2D eigenvalue weighted by Crippen LogP contribution is 2.36. The summed E-state index contributed by atoms with van der Waals surface area (Å²) in [5.41, 5.74) is 8.02. The SMILES string of the molecule is NC1(CCc2cn3cc(Cl)ncc3n2)CC1. The molecular weight excluding hydrogens is 224 g/mol. The number of rotatable bonds is 3. The average molecular weight is 237 g/mol. The number of nitrogens with zero attached hydrogens (tertiary/aromatic N) is 3. The second-order valence-corrected chi connectivity index (χ2v) is 4.96. The summed E-state index contributed by atoms with van der Waals surface area (Å²) in [6.07, 6.45) is 9.67. The first-order valence-electron chi connectivity index (χ1n) is 5.43. The van der Waals surface area contributed by atoms with E-state index < -0.39 is 0 Å². The molecule has 16 heavy (non-hydrogen) atoms. The van der Waals surface area contributed by atoms with Gasteiger partial charge in [0.25, 0.3) is 0 Å². The first-order chi connectivity index (χ1) is 7.65. The summed E-state index contributed by atoms with van der Waals surface area (Å²) < 4.78 is 1.90. The first-order valence-corrected chi connectivity index (χ1v) is 5.80. The van der Waals surface area contributed by atoms with E-state index in [-0.39, 0.29) is 5.54 Å². The molecule has 5 heteroatoms. The Morgan fingerprint density at radius 2 is 2.25 bits per heavy atom. The maximum absolute atomic E-state index is 6.04. The number of aryl methyl sites for hydroxylation is 1. The molecule has 0 radical (unpaired) electrons. The standard InChI is InChI=1S/C11H13ClN4/c12-9-7-16-6-8(15-10(16)5-14-9)1-2-11(13)3-4-11/h5-7H,1-4,13H2. The summed E-state index contributed by atoms with van der Waals surface area (Å²) in [5, 5.41) is 0.480. The van der Waals surface area contributed by atoms with E-state index in [1.54, 1.807) is 12.4 Å². The topological polar surface area (TPSA) is 56.2 Å². The minimum absolute atomic E-state index is 0.0890. The molecule has 0 amide bonds. The third-order valence-electron chi connectivity index (χ3n) is 3.13. The predicted octanol–water partition coefficient (Wildman–Crippen LogP) is 1.81. The van der Waals surface area contributed by atoms with Crippen molar-refractivity contribution in [3.8, 4) is 0 Å². The van der Waals surface area contributed by atoms with E-state index in [1.807, 2.05) is 10.6 Å². The molecule has 1 saturated carbocycles. The van der Waals surface area contributed by atoms with Gasteiger partial charge in [0.2, 0.25) is 0 Å². The second kappa shape index (κ2) is 3.43. The normalized spacial score (nSPS) is 17.9. The molecule has 0 bridgehead atoms. The lowest BCUT2D eigenvalue weighted by molar-refractivity contribution is 0.604. The van der Waals surface area contributed by atoms with Crippen LogP contribution in [0.5, 0.6) is 0 Å².